The zero-order valence-corrected chi connectivity index (χ0v) is 20.6. The first kappa shape index (κ1) is 24.0. The molecule has 0 atom stereocenters. The summed E-state index contributed by atoms with van der Waals surface area (Å²) in [5.41, 5.74) is 7.04. The Balaban J connectivity index is 1.65. The number of halogens is 4. The summed E-state index contributed by atoms with van der Waals surface area (Å²) in [5.74, 6) is 0.614. The van der Waals surface area contributed by atoms with E-state index in [0.717, 1.165) is 33.9 Å². The van der Waals surface area contributed by atoms with Gasteiger partial charge in [-0.15, -0.1) is 10.2 Å². The van der Waals surface area contributed by atoms with Crippen LogP contribution in [0.1, 0.15) is 33.9 Å². The van der Waals surface area contributed by atoms with Gasteiger partial charge in [0.1, 0.15) is 11.5 Å². The smallest absolute Gasteiger partial charge is 0.285 e. The van der Waals surface area contributed by atoms with Gasteiger partial charge in [0, 0.05) is 28.9 Å². The molecule has 0 bridgehead atoms. The Morgan fingerprint density at radius 3 is 2.25 bits per heavy atom. The molecule has 0 aliphatic rings. The molecule has 0 saturated heterocycles. The van der Waals surface area contributed by atoms with Gasteiger partial charge in [-0.25, -0.2) is 4.98 Å². The van der Waals surface area contributed by atoms with Crippen LogP contribution in [0.25, 0.3) is 27.9 Å². The third-order valence-corrected chi connectivity index (χ3v) is 6.53. The van der Waals surface area contributed by atoms with E-state index in [1.165, 1.54) is 11.6 Å². The van der Waals surface area contributed by atoms with Gasteiger partial charge in [0.05, 0.1) is 0 Å². The SMILES string of the molecule is Cc1ccc(-c2cn3c(Cc4ccc(C(F)(F)F)nc4C)nnc3cc2-c2ccc(Cl)cc2)c(C)c1. The number of rotatable bonds is 4. The standard InChI is InChI=1S/C28H22ClF3N4/c1-16-4-10-22(17(2)12-16)24-15-36-26(13-20-7-11-25(28(30,31)32)33-18(20)3)34-35-27(36)14-23(24)19-5-8-21(29)9-6-19/h4-12,14-15H,13H2,1-3H3. The van der Waals surface area contributed by atoms with Crippen LogP contribution in [0.2, 0.25) is 5.02 Å². The Kier molecular flexibility index (Phi) is 6.04. The summed E-state index contributed by atoms with van der Waals surface area (Å²) >= 11 is 6.13. The number of aromatic nitrogens is 4. The lowest BCUT2D eigenvalue weighted by molar-refractivity contribution is -0.141. The van der Waals surface area contributed by atoms with Gasteiger partial charge in [0.25, 0.3) is 0 Å². The van der Waals surface area contributed by atoms with Crippen LogP contribution in [0.15, 0.2) is 66.9 Å². The molecule has 5 aromatic rings. The molecule has 0 radical (unpaired) electrons. The highest BCUT2D eigenvalue weighted by atomic mass is 35.5. The van der Waals surface area contributed by atoms with Crippen molar-refractivity contribution in [1.82, 2.24) is 19.6 Å². The molecule has 5 rings (SSSR count). The van der Waals surface area contributed by atoms with Crippen molar-refractivity contribution in [2.24, 2.45) is 0 Å². The molecule has 3 aromatic heterocycles. The fourth-order valence-corrected chi connectivity index (χ4v) is 4.53. The Bertz CT molecular complexity index is 1590. The second-order valence-electron chi connectivity index (χ2n) is 8.89. The van der Waals surface area contributed by atoms with Crippen LogP contribution in [-0.4, -0.2) is 19.6 Å². The molecule has 0 aliphatic heterocycles. The molecular weight excluding hydrogens is 485 g/mol. The van der Waals surface area contributed by atoms with Crippen LogP contribution in [0.3, 0.4) is 0 Å². The van der Waals surface area contributed by atoms with Gasteiger partial charge < -0.3 is 0 Å². The van der Waals surface area contributed by atoms with E-state index in [4.69, 9.17) is 11.6 Å². The maximum absolute atomic E-state index is 13.1. The first-order chi connectivity index (χ1) is 17.1. The van der Waals surface area contributed by atoms with Crippen molar-refractivity contribution in [2.45, 2.75) is 33.4 Å². The van der Waals surface area contributed by atoms with Crippen molar-refractivity contribution < 1.29 is 13.2 Å². The van der Waals surface area contributed by atoms with Gasteiger partial charge in [-0.2, -0.15) is 13.2 Å². The molecule has 0 unspecified atom stereocenters. The van der Waals surface area contributed by atoms with E-state index in [0.29, 0.717) is 34.2 Å². The molecule has 0 aliphatic carbocycles. The molecule has 8 heteroatoms. The average molecular weight is 507 g/mol. The summed E-state index contributed by atoms with van der Waals surface area (Å²) in [6.45, 7) is 5.70. The predicted molar refractivity (Wildman–Crippen MR) is 135 cm³/mol. The lowest BCUT2D eigenvalue weighted by Gasteiger charge is -2.15. The van der Waals surface area contributed by atoms with Gasteiger partial charge >= 0.3 is 6.18 Å². The van der Waals surface area contributed by atoms with Crippen LogP contribution in [0.5, 0.6) is 0 Å². The van der Waals surface area contributed by atoms with E-state index in [-0.39, 0.29) is 0 Å². The van der Waals surface area contributed by atoms with Crippen molar-refractivity contribution >= 4 is 17.2 Å². The largest absolute Gasteiger partial charge is 0.433 e. The molecule has 0 fully saturated rings. The summed E-state index contributed by atoms with van der Waals surface area (Å²) in [4.78, 5) is 3.76. The van der Waals surface area contributed by atoms with Gasteiger partial charge in [0.2, 0.25) is 0 Å². The van der Waals surface area contributed by atoms with Gasteiger partial charge in [-0.3, -0.25) is 4.40 Å². The van der Waals surface area contributed by atoms with E-state index in [2.05, 4.69) is 47.2 Å². The van der Waals surface area contributed by atoms with Crippen LogP contribution < -0.4 is 0 Å². The molecular formula is C28H22ClF3N4. The van der Waals surface area contributed by atoms with Gasteiger partial charge in [-0.05, 0) is 72.9 Å². The highest BCUT2D eigenvalue weighted by Crippen LogP contribution is 2.36. The number of hydrogen-bond donors (Lipinski definition) is 0. The molecule has 0 amide bonds. The van der Waals surface area contributed by atoms with Crippen LogP contribution in [0.4, 0.5) is 13.2 Å². The first-order valence-electron chi connectivity index (χ1n) is 11.3. The quantitative estimate of drug-likeness (QED) is 0.251. The molecule has 0 spiro atoms. The van der Waals surface area contributed by atoms with E-state index in [1.54, 1.807) is 6.92 Å². The molecule has 2 aromatic carbocycles. The summed E-state index contributed by atoms with van der Waals surface area (Å²) in [6, 6.07) is 18.4. The lowest BCUT2D eigenvalue weighted by Crippen LogP contribution is -2.10. The predicted octanol–water partition coefficient (Wildman–Crippen LogP) is 7.65. The lowest BCUT2D eigenvalue weighted by atomic mass is 9.93. The van der Waals surface area contributed by atoms with Crippen LogP contribution in [-0.2, 0) is 12.6 Å². The van der Waals surface area contributed by atoms with Crippen molar-refractivity contribution in [3.8, 4) is 22.3 Å². The minimum absolute atomic E-state index is 0.296. The fourth-order valence-electron chi connectivity index (χ4n) is 4.41. The van der Waals surface area contributed by atoms with E-state index >= 15 is 0 Å². The first-order valence-corrected chi connectivity index (χ1v) is 11.7. The zero-order valence-electron chi connectivity index (χ0n) is 19.9. The zero-order chi connectivity index (χ0) is 25.6. The molecule has 3 heterocycles. The van der Waals surface area contributed by atoms with Gasteiger partial charge in [-0.1, -0.05) is 53.6 Å². The van der Waals surface area contributed by atoms with Crippen molar-refractivity contribution in [3.05, 3.63) is 106 Å². The van der Waals surface area contributed by atoms with Crippen molar-refractivity contribution in [1.29, 1.82) is 0 Å². The fraction of sp³-hybridized carbons (Fsp3) is 0.179. The summed E-state index contributed by atoms with van der Waals surface area (Å²) in [6.07, 6.45) is -2.19. The maximum Gasteiger partial charge on any atom is 0.433 e. The van der Waals surface area contributed by atoms with Crippen LogP contribution >= 0.6 is 11.6 Å². The van der Waals surface area contributed by atoms with Crippen LogP contribution in [0, 0.1) is 20.8 Å². The minimum Gasteiger partial charge on any atom is -0.285 e. The molecule has 0 N–H and O–H groups in total. The number of alkyl halides is 3. The van der Waals surface area contributed by atoms with Crippen molar-refractivity contribution in [2.75, 3.05) is 0 Å². The maximum atomic E-state index is 13.1. The molecule has 0 saturated carbocycles. The number of benzene rings is 2. The van der Waals surface area contributed by atoms with E-state index in [9.17, 15) is 13.2 Å². The van der Waals surface area contributed by atoms with Crippen molar-refractivity contribution in [3.63, 3.8) is 0 Å². The Hall–Kier alpha value is -3.71. The highest BCUT2D eigenvalue weighted by molar-refractivity contribution is 6.30. The third-order valence-electron chi connectivity index (χ3n) is 6.28. The van der Waals surface area contributed by atoms with E-state index in [1.807, 2.05) is 40.9 Å². The average Bonchev–Trinajstić information content (AvgIpc) is 3.21. The number of fused-ring (bicyclic) bond motifs is 1. The Labute approximate surface area is 211 Å². The highest BCUT2D eigenvalue weighted by Gasteiger charge is 2.32. The Morgan fingerprint density at radius 2 is 1.58 bits per heavy atom. The number of pyridine rings is 2. The van der Waals surface area contributed by atoms with Gasteiger partial charge in [0.15, 0.2) is 5.65 Å². The topological polar surface area (TPSA) is 43.1 Å². The molecule has 182 valence electrons. The summed E-state index contributed by atoms with van der Waals surface area (Å²) in [5, 5.41) is 9.38. The molecule has 36 heavy (non-hydrogen) atoms. The number of hydrogen-bond acceptors (Lipinski definition) is 3. The summed E-state index contributed by atoms with van der Waals surface area (Å²) < 4.78 is 41.0. The Morgan fingerprint density at radius 1 is 0.833 bits per heavy atom. The minimum atomic E-state index is -4.48. The third kappa shape index (κ3) is 4.58. The monoisotopic (exact) mass is 506 g/mol. The second kappa shape index (κ2) is 9.06. The van der Waals surface area contributed by atoms with E-state index < -0.39 is 11.9 Å². The summed E-state index contributed by atoms with van der Waals surface area (Å²) in [7, 11) is 0. The second-order valence-corrected chi connectivity index (χ2v) is 9.32. The molecule has 4 nitrogen and oxygen atoms in total. The number of aryl methyl sites for hydroxylation is 3. The number of nitrogens with zero attached hydrogens (tertiary/aromatic N) is 4. The normalized spacial score (nSPS) is 11.9.